The molecule has 0 aliphatic heterocycles. The van der Waals surface area contributed by atoms with Crippen molar-refractivity contribution in [3.05, 3.63) is 29.6 Å². The first kappa shape index (κ1) is 15.5. The molecule has 1 heterocycles. The summed E-state index contributed by atoms with van der Waals surface area (Å²) in [6.45, 7) is 4.18. The number of aromatic nitrogens is 1. The largest absolute Gasteiger partial charge is 0.317 e. The molecule has 1 aliphatic carbocycles. The summed E-state index contributed by atoms with van der Waals surface area (Å²) in [6.07, 6.45) is 6.86. The Bertz CT molecular complexity index is 405. The molecular weight excluding hydrogens is 246 g/mol. The van der Waals surface area contributed by atoms with Crippen LogP contribution >= 0.6 is 0 Å². The van der Waals surface area contributed by atoms with Crippen molar-refractivity contribution in [2.24, 2.45) is 5.92 Å². The van der Waals surface area contributed by atoms with Crippen molar-refractivity contribution in [2.75, 3.05) is 20.6 Å². The van der Waals surface area contributed by atoms with Gasteiger partial charge in [-0.05, 0) is 51.9 Å². The normalized spacial score (nSPS) is 23.8. The summed E-state index contributed by atoms with van der Waals surface area (Å²) in [4.78, 5) is 7.04. The quantitative estimate of drug-likeness (QED) is 0.837. The van der Waals surface area contributed by atoms with Gasteiger partial charge in [0.15, 0.2) is 0 Å². The molecule has 0 saturated heterocycles. The van der Waals surface area contributed by atoms with Gasteiger partial charge in [0.2, 0.25) is 0 Å². The molecule has 1 aromatic rings. The van der Waals surface area contributed by atoms with E-state index in [0.29, 0.717) is 6.04 Å². The second-order valence-electron chi connectivity index (χ2n) is 6.26. The van der Waals surface area contributed by atoms with Gasteiger partial charge in [-0.3, -0.25) is 4.98 Å². The van der Waals surface area contributed by atoms with Crippen LogP contribution in [-0.4, -0.2) is 36.6 Å². The predicted molar refractivity (Wildman–Crippen MR) is 84.7 cm³/mol. The monoisotopic (exact) mass is 275 g/mol. The van der Waals surface area contributed by atoms with E-state index in [9.17, 15) is 0 Å². The Balaban J connectivity index is 1.90. The summed E-state index contributed by atoms with van der Waals surface area (Å²) < 4.78 is 0. The highest BCUT2D eigenvalue weighted by Crippen LogP contribution is 2.24. The Morgan fingerprint density at radius 2 is 2.05 bits per heavy atom. The van der Waals surface area contributed by atoms with Gasteiger partial charge in [-0.2, -0.15) is 0 Å². The summed E-state index contributed by atoms with van der Waals surface area (Å²) in [5, 5.41) is 3.53. The SMILES string of the molecule is CNC1CCCCCC1CN(C)Cc1cccc(C)n1. The van der Waals surface area contributed by atoms with E-state index in [4.69, 9.17) is 0 Å². The van der Waals surface area contributed by atoms with Crippen LogP contribution in [0.1, 0.15) is 43.5 Å². The minimum absolute atomic E-state index is 0.686. The fourth-order valence-corrected chi connectivity index (χ4v) is 3.41. The maximum absolute atomic E-state index is 4.61. The Kier molecular flexibility index (Phi) is 5.99. The van der Waals surface area contributed by atoms with Crippen molar-refractivity contribution in [1.82, 2.24) is 15.2 Å². The van der Waals surface area contributed by atoms with Gasteiger partial charge in [-0.25, -0.2) is 0 Å². The van der Waals surface area contributed by atoms with Crippen molar-refractivity contribution in [1.29, 1.82) is 0 Å². The van der Waals surface area contributed by atoms with Crippen LogP contribution < -0.4 is 5.32 Å². The molecule has 1 fully saturated rings. The van der Waals surface area contributed by atoms with E-state index < -0.39 is 0 Å². The maximum atomic E-state index is 4.61. The molecule has 2 atom stereocenters. The summed E-state index contributed by atoms with van der Waals surface area (Å²) >= 11 is 0. The first-order valence-corrected chi connectivity index (χ1v) is 7.97. The van der Waals surface area contributed by atoms with Crippen molar-refractivity contribution in [2.45, 2.75) is 51.6 Å². The van der Waals surface area contributed by atoms with Gasteiger partial charge < -0.3 is 10.2 Å². The number of pyridine rings is 1. The molecule has 112 valence electrons. The molecule has 2 rings (SSSR count). The predicted octanol–water partition coefficient (Wildman–Crippen LogP) is 2.99. The Hall–Kier alpha value is -0.930. The first-order chi connectivity index (χ1) is 9.69. The molecule has 1 aliphatic rings. The summed E-state index contributed by atoms with van der Waals surface area (Å²) in [6, 6.07) is 6.98. The number of rotatable bonds is 5. The van der Waals surface area contributed by atoms with Crippen LogP contribution in [0.3, 0.4) is 0 Å². The second kappa shape index (κ2) is 7.75. The van der Waals surface area contributed by atoms with E-state index in [1.54, 1.807) is 0 Å². The molecule has 3 nitrogen and oxygen atoms in total. The maximum Gasteiger partial charge on any atom is 0.0547 e. The van der Waals surface area contributed by atoms with Gasteiger partial charge in [0, 0.05) is 24.8 Å². The average molecular weight is 275 g/mol. The van der Waals surface area contributed by atoms with E-state index >= 15 is 0 Å². The first-order valence-electron chi connectivity index (χ1n) is 7.97. The molecule has 0 radical (unpaired) electrons. The molecule has 0 bridgehead atoms. The summed E-state index contributed by atoms with van der Waals surface area (Å²) in [7, 11) is 4.34. The minimum atomic E-state index is 0.686. The smallest absolute Gasteiger partial charge is 0.0547 e. The zero-order valence-corrected chi connectivity index (χ0v) is 13.2. The number of hydrogen-bond acceptors (Lipinski definition) is 3. The lowest BCUT2D eigenvalue weighted by molar-refractivity contribution is 0.222. The van der Waals surface area contributed by atoms with Gasteiger partial charge in [0.25, 0.3) is 0 Å². The molecule has 1 N–H and O–H groups in total. The highest BCUT2D eigenvalue weighted by molar-refractivity contribution is 5.09. The van der Waals surface area contributed by atoms with E-state index in [0.717, 1.165) is 18.2 Å². The van der Waals surface area contributed by atoms with Crippen LogP contribution in [0, 0.1) is 12.8 Å². The molecule has 1 aromatic heterocycles. The molecule has 20 heavy (non-hydrogen) atoms. The third kappa shape index (κ3) is 4.57. The minimum Gasteiger partial charge on any atom is -0.317 e. The highest BCUT2D eigenvalue weighted by Gasteiger charge is 2.23. The molecule has 0 amide bonds. The second-order valence-corrected chi connectivity index (χ2v) is 6.26. The number of hydrogen-bond donors (Lipinski definition) is 1. The highest BCUT2D eigenvalue weighted by atomic mass is 15.1. The van der Waals surface area contributed by atoms with Crippen LogP contribution in [-0.2, 0) is 6.54 Å². The number of nitrogens with zero attached hydrogens (tertiary/aromatic N) is 2. The van der Waals surface area contributed by atoms with Crippen molar-refractivity contribution >= 4 is 0 Å². The van der Waals surface area contributed by atoms with Crippen LogP contribution in [0.25, 0.3) is 0 Å². The van der Waals surface area contributed by atoms with Gasteiger partial charge >= 0.3 is 0 Å². The van der Waals surface area contributed by atoms with Crippen LogP contribution in [0.2, 0.25) is 0 Å². The van der Waals surface area contributed by atoms with Gasteiger partial charge in [-0.1, -0.05) is 25.3 Å². The molecule has 1 saturated carbocycles. The Morgan fingerprint density at radius 3 is 2.80 bits per heavy atom. The van der Waals surface area contributed by atoms with Gasteiger partial charge in [0.05, 0.1) is 5.69 Å². The lowest BCUT2D eigenvalue weighted by Gasteiger charge is -2.29. The van der Waals surface area contributed by atoms with E-state index in [-0.39, 0.29) is 0 Å². The molecule has 0 aromatic carbocycles. The van der Waals surface area contributed by atoms with Crippen LogP contribution in [0.4, 0.5) is 0 Å². The number of aryl methyl sites for hydroxylation is 1. The molecular formula is C17H29N3. The zero-order chi connectivity index (χ0) is 14.4. The third-order valence-electron chi connectivity index (χ3n) is 4.45. The lowest BCUT2D eigenvalue weighted by Crippen LogP contribution is -2.39. The van der Waals surface area contributed by atoms with Crippen LogP contribution in [0.15, 0.2) is 18.2 Å². The topological polar surface area (TPSA) is 28.2 Å². The standard InChI is InChI=1S/C17H29N3/c1-14-8-7-10-16(19-14)13-20(3)12-15-9-5-4-6-11-17(15)18-2/h7-8,10,15,17-18H,4-6,9,11-13H2,1-3H3. The van der Waals surface area contributed by atoms with E-state index in [2.05, 4.69) is 54.4 Å². The summed E-state index contributed by atoms with van der Waals surface area (Å²) in [5.74, 6) is 0.775. The van der Waals surface area contributed by atoms with E-state index in [1.807, 2.05) is 0 Å². The summed E-state index contributed by atoms with van der Waals surface area (Å²) in [5.41, 5.74) is 2.29. The van der Waals surface area contributed by atoms with Gasteiger partial charge in [-0.15, -0.1) is 0 Å². The number of nitrogens with one attached hydrogen (secondary N) is 1. The molecule has 3 heteroatoms. The fourth-order valence-electron chi connectivity index (χ4n) is 3.41. The zero-order valence-electron chi connectivity index (χ0n) is 13.2. The van der Waals surface area contributed by atoms with Gasteiger partial charge in [0.1, 0.15) is 0 Å². The van der Waals surface area contributed by atoms with Crippen molar-refractivity contribution < 1.29 is 0 Å². The van der Waals surface area contributed by atoms with E-state index in [1.165, 1.54) is 44.3 Å². The fraction of sp³-hybridized carbons (Fsp3) is 0.706. The van der Waals surface area contributed by atoms with Crippen molar-refractivity contribution in [3.63, 3.8) is 0 Å². The molecule has 0 spiro atoms. The Morgan fingerprint density at radius 1 is 1.25 bits per heavy atom. The Labute approximate surface area is 123 Å². The average Bonchev–Trinajstić information content (AvgIpc) is 2.63. The van der Waals surface area contributed by atoms with Crippen LogP contribution in [0.5, 0.6) is 0 Å². The van der Waals surface area contributed by atoms with Crippen molar-refractivity contribution in [3.8, 4) is 0 Å². The third-order valence-corrected chi connectivity index (χ3v) is 4.45. The molecule has 2 unspecified atom stereocenters. The lowest BCUT2D eigenvalue weighted by atomic mass is 9.94.